The Morgan fingerprint density at radius 2 is 1.90 bits per heavy atom. The molecule has 1 N–H and O–H groups in total. The molecule has 3 aromatic rings. The Bertz CT molecular complexity index is 1620. The highest BCUT2D eigenvalue weighted by Gasteiger charge is 2.46. The second kappa shape index (κ2) is 8.43. The van der Waals surface area contributed by atoms with Crippen molar-refractivity contribution in [2.24, 2.45) is 5.41 Å². The highest BCUT2D eigenvalue weighted by Crippen LogP contribution is 2.45. The number of halogens is 1. The molecular formula is C30H32FN3O5. The maximum atomic E-state index is 14.8. The van der Waals surface area contributed by atoms with Gasteiger partial charge < -0.3 is 19.1 Å². The van der Waals surface area contributed by atoms with Crippen LogP contribution in [-0.2, 0) is 33.0 Å². The maximum Gasteiger partial charge on any atom is 0.343 e. The second-order valence-electron chi connectivity index (χ2n) is 11.8. The third-order valence-corrected chi connectivity index (χ3v) is 9.65. The minimum Gasteiger partial charge on any atom is -0.458 e. The molecule has 204 valence electrons. The molecule has 0 amide bonds. The summed E-state index contributed by atoms with van der Waals surface area (Å²) < 4.78 is 27.2. The molecule has 0 unspecified atom stereocenters. The van der Waals surface area contributed by atoms with Gasteiger partial charge in [0.1, 0.15) is 12.4 Å². The lowest BCUT2D eigenvalue weighted by molar-refractivity contribution is -0.172. The molecule has 1 spiro atoms. The first-order valence-corrected chi connectivity index (χ1v) is 13.8. The van der Waals surface area contributed by atoms with Gasteiger partial charge in [-0.1, -0.05) is 6.92 Å². The SMILES string of the molecule is CC[C@@]1(O)C(=O)OCc2c1cc1n(c2=O)Cc2c-1nc1cc(F)c(C)cc1c2[C@@H](C)N1CCC2(CC1)COC2. The van der Waals surface area contributed by atoms with Crippen molar-refractivity contribution in [2.75, 3.05) is 26.3 Å². The number of esters is 1. The van der Waals surface area contributed by atoms with Crippen molar-refractivity contribution in [3.63, 3.8) is 0 Å². The highest BCUT2D eigenvalue weighted by atomic mass is 19.1. The van der Waals surface area contributed by atoms with Gasteiger partial charge in [-0.05, 0) is 69.5 Å². The molecule has 6 heterocycles. The van der Waals surface area contributed by atoms with Crippen molar-refractivity contribution >= 4 is 16.9 Å². The molecule has 0 saturated carbocycles. The summed E-state index contributed by atoms with van der Waals surface area (Å²) in [6.45, 7) is 9.32. The molecule has 0 aliphatic carbocycles. The lowest BCUT2D eigenvalue weighted by Gasteiger charge is -2.48. The summed E-state index contributed by atoms with van der Waals surface area (Å²) in [4.78, 5) is 33.6. The van der Waals surface area contributed by atoms with E-state index in [9.17, 15) is 19.1 Å². The largest absolute Gasteiger partial charge is 0.458 e. The Hall–Kier alpha value is -3.14. The van der Waals surface area contributed by atoms with E-state index in [0.717, 1.165) is 55.7 Å². The van der Waals surface area contributed by atoms with Crippen LogP contribution in [0.15, 0.2) is 23.0 Å². The van der Waals surface area contributed by atoms with Gasteiger partial charge in [0, 0.05) is 34.0 Å². The number of fused-ring (bicyclic) bond motifs is 5. The number of rotatable bonds is 3. The summed E-state index contributed by atoms with van der Waals surface area (Å²) in [6, 6.07) is 5.07. The van der Waals surface area contributed by atoms with Crippen molar-refractivity contribution in [1.82, 2.24) is 14.5 Å². The quantitative estimate of drug-likeness (QED) is 0.402. The van der Waals surface area contributed by atoms with Crippen LogP contribution in [0, 0.1) is 18.2 Å². The molecule has 2 fully saturated rings. The fraction of sp³-hybridized carbons (Fsp3) is 0.500. The number of hydrogen-bond donors (Lipinski definition) is 1. The Kier molecular flexibility index (Phi) is 5.37. The summed E-state index contributed by atoms with van der Waals surface area (Å²) >= 11 is 0. The number of hydrogen-bond acceptors (Lipinski definition) is 7. The van der Waals surface area contributed by atoms with E-state index in [2.05, 4.69) is 11.8 Å². The number of nitrogens with zero attached hydrogens (tertiary/aromatic N) is 3. The summed E-state index contributed by atoms with van der Waals surface area (Å²) in [6.07, 6.45) is 2.23. The molecule has 1 aromatic carbocycles. The normalized spacial score (nSPS) is 24.2. The molecule has 2 saturated heterocycles. The third-order valence-electron chi connectivity index (χ3n) is 9.65. The number of carbonyl (C=O) groups excluding carboxylic acids is 1. The number of ether oxygens (including phenoxy) is 2. The molecule has 7 rings (SSSR count). The molecule has 0 radical (unpaired) electrons. The van der Waals surface area contributed by atoms with E-state index in [1.54, 1.807) is 24.5 Å². The van der Waals surface area contributed by atoms with Gasteiger partial charge in [-0.25, -0.2) is 14.2 Å². The van der Waals surface area contributed by atoms with Gasteiger partial charge in [0.25, 0.3) is 5.56 Å². The first-order chi connectivity index (χ1) is 18.7. The number of aryl methyl sites for hydroxylation is 1. The Labute approximate surface area is 225 Å². The zero-order valence-electron chi connectivity index (χ0n) is 22.5. The Morgan fingerprint density at radius 3 is 2.56 bits per heavy atom. The first-order valence-electron chi connectivity index (χ1n) is 13.8. The van der Waals surface area contributed by atoms with E-state index in [-0.39, 0.29) is 36.0 Å². The average Bonchev–Trinajstić information content (AvgIpc) is 3.28. The standard InChI is InChI=1S/C30H32FN3O5/c1-4-30(37)21-10-24-26-19(12-34(24)27(35)20(21)13-39-28(30)36)25(18-9-16(2)22(31)11-23(18)32-26)17(3)33-7-5-29(6-8-33)14-38-15-29/h9-11,17,37H,4-8,12-15H2,1-3H3/t17-,30+/m1/s1. The lowest BCUT2D eigenvalue weighted by atomic mass is 9.76. The summed E-state index contributed by atoms with van der Waals surface area (Å²) in [5.41, 5.74) is 2.89. The number of aliphatic hydroxyl groups is 1. The smallest absolute Gasteiger partial charge is 0.343 e. The van der Waals surface area contributed by atoms with Gasteiger partial charge in [0.2, 0.25) is 0 Å². The topological polar surface area (TPSA) is 93.9 Å². The number of pyridine rings is 2. The van der Waals surface area contributed by atoms with Crippen molar-refractivity contribution < 1.29 is 23.8 Å². The number of cyclic esters (lactones) is 1. The monoisotopic (exact) mass is 533 g/mol. The van der Waals surface area contributed by atoms with E-state index < -0.39 is 11.6 Å². The number of carbonyl (C=O) groups is 1. The molecule has 39 heavy (non-hydrogen) atoms. The van der Waals surface area contributed by atoms with Gasteiger partial charge >= 0.3 is 5.97 Å². The zero-order chi connectivity index (χ0) is 27.3. The number of piperidine rings is 1. The predicted molar refractivity (Wildman–Crippen MR) is 142 cm³/mol. The van der Waals surface area contributed by atoms with Crippen LogP contribution in [0.5, 0.6) is 0 Å². The van der Waals surface area contributed by atoms with Crippen molar-refractivity contribution in [2.45, 2.75) is 64.8 Å². The predicted octanol–water partition coefficient (Wildman–Crippen LogP) is 3.70. The zero-order valence-corrected chi connectivity index (χ0v) is 22.5. The molecule has 2 aromatic heterocycles. The van der Waals surface area contributed by atoms with E-state index in [1.807, 2.05) is 6.07 Å². The molecule has 4 aliphatic heterocycles. The Morgan fingerprint density at radius 1 is 1.15 bits per heavy atom. The number of benzene rings is 1. The van der Waals surface area contributed by atoms with E-state index in [4.69, 9.17) is 14.5 Å². The van der Waals surface area contributed by atoms with Gasteiger partial charge in [-0.15, -0.1) is 0 Å². The Balaban J connectivity index is 1.41. The van der Waals surface area contributed by atoms with E-state index >= 15 is 0 Å². The van der Waals surface area contributed by atoms with E-state index in [1.165, 1.54) is 6.07 Å². The van der Waals surface area contributed by atoms with Crippen molar-refractivity contribution in [3.8, 4) is 11.4 Å². The molecule has 0 bridgehead atoms. The summed E-state index contributed by atoms with van der Waals surface area (Å²) in [5, 5.41) is 12.1. The number of likely N-dealkylation sites (tertiary alicyclic amines) is 1. The first kappa shape index (κ1) is 24.9. The summed E-state index contributed by atoms with van der Waals surface area (Å²) in [5.74, 6) is -1.08. The van der Waals surface area contributed by atoms with Gasteiger partial charge in [0.05, 0.1) is 42.2 Å². The van der Waals surface area contributed by atoms with Crippen LogP contribution >= 0.6 is 0 Å². The van der Waals surface area contributed by atoms with Gasteiger partial charge in [-0.3, -0.25) is 9.69 Å². The lowest BCUT2D eigenvalue weighted by Crippen LogP contribution is -2.51. The van der Waals surface area contributed by atoms with Crippen LogP contribution in [0.1, 0.15) is 67.0 Å². The van der Waals surface area contributed by atoms with Gasteiger partial charge in [-0.2, -0.15) is 0 Å². The van der Waals surface area contributed by atoms with Gasteiger partial charge in [0.15, 0.2) is 5.60 Å². The molecule has 9 heteroatoms. The highest BCUT2D eigenvalue weighted by molar-refractivity contribution is 5.90. The molecule has 8 nitrogen and oxygen atoms in total. The fourth-order valence-electron chi connectivity index (χ4n) is 6.96. The summed E-state index contributed by atoms with van der Waals surface area (Å²) in [7, 11) is 0. The fourth-order valence-corrected chi connectivity index (χ4v) is 6.96. The van der Waals surface area contributed by atoms with E-state index in [0.29, 0.717) is 40.0 Å². The number of aromatic nitrogens is 2. The van der Waals surface area contributed by atoms with Crippen molar-refractivity contribution in [3.05, 3.63) is 62.2 Å². The second-order valence-corrected chi connectivity index (χ2v) is 11.8. The van der Waals surface area contributed by atoms with Crippen molar-refractivity contribution in [1.29, 1.82) is 0 Å². The molecular weight excluding hydrogens is 501 g/mol. The van der Waals surface area contributed by atoms with Crippen LogP contribution in [0.4, 0.5) is 4.39 Å². The minimum absolute atomic E-state index is 0.0181. The third kappa shape index (κ3) is 3.42. The average molecular weight is 534 g/mol. The maximum absolute atomic E-state index is 14.8. The minimum atomic E-state index is -1.89. The van der Waals surface area contributed by atoms with Crippen LogP contribution in [0.3, 0.4) is 0 Å². The molecule has 4 aliphatic rings. The van der Waals surface area contributed by atoms with Crippen LogP contribution in [-0.4, -0.2) is 51.8 Å². The van der Waals surface area contributed by atoms with Crippen LogP contribution in [0.2, 0.25) is 0 Å². The van der Waals surface area contributed by atoms with Crippen LogP contribution < -0.4 is 5.56 Å². The molecule has 2 atom stereocenters. The van der Waals surface area contributed by atoms with Crippen LogP contribution in [0.25, 0.3) is 22.3 Å².